The van der Waals surface area contributed by atoms with Crippen LogP contribution >= 0.6 is 11.3 Å². The van der Waals surface area contributed by atoms with Crippen LogP contribution in [0.2, 0.25) is 0 Å². The van der Waals surface area contributed by atoms with Crippen molar-refractivity contribution in [2.24, 2.45) is 0 Å². The maximum Gasteiger partial charge on any atom is 0.266 e. The number of halogens is 1. The van der Waals surface area contributed by atoms with Crippen molar-refractivity contribution in [2.75, 3.05) is 44.9 Å². The van der Waals surface area contributed by atoms with Gasteiger partial charge >= 0.3 is 0 Å². The molecule has 1 aromatic heterocycles. The number of ether oxygens (including phenoxy) is 1. The second-order valence-corrected chi connectivity index (χ2v) is 9.93. The molecule has 10 heteroatoms. The predicted octanol–water partition coefficient (Wildman–Crippen LogP) is 2.81. The summed E-state index contributed by atoms with van der Waals surface area (Å²) >= 11 is 1.22. The largest absolute Gasteiger partial charge is 0.481 e. The molecular formula is C20H22FN3O4S2. The standard InChI is InChI=1S/C20H22FN3O4S2/c1-23(2)11-12-24(18(25)13-28-15-8-5-4-7-14(15)21)20-22-19-16(29-20)9-6-10-17(19)30(3,26)27/h4-10H,11-13H2,1-3H3. The van der Waals surface area contributed by atoms with E-state index in [1.807, 2.05) is 19.0 Å². The molecule has 0 fully saturated rings. The third-order valence-electron chi connectivity index (χ3n) is 4.26. The van der Waals surface area contributed by atoms with Crippen LogP contribution in [0.5, 0.6) is 5.75 Å². The first-order valence-corrected chi connectivity index (χ1v) is 11.8. The molecule has 2 aromatic carbocycles. The van der Waals surface area contributed by atoms with Gasteiger partial charge in [0.2, 0.25) is 0 Å². The van der Waals surface area contributed by atoms with E-state index in [4.69, 9.17) is 4.74 Å². The van der Waals surface area contributed by atoms with Crippen molar-refractivity contribution in [2.45, 2.75) is 4.90 Å². The van der Waals surface area contributed by atoms with Gasteiger partial charge in [-0.3, -0.25) is 9.69 Å². The lowest BCUT2D eigenvalue weighted by Crippen LogP contribution is -2.39. The van der Waals surface area contributed by atoms with Crippen molar-refractivity contribution in [3.63, 3.8) is 0 Å². The zero-order valence-electron chi connectivity index (χ0n) is 16.8. The van der Waals surface area contributed by atoms with Crippen molar-refractivity contribution < 1.29 is 22.3 Å². The highest BCUT2D eigenvalue weighted by Gasteiger charge is 2.23. The zero-order valence-corrected chi connectivity index (χ0v) is 18.5. The molecular weight excluding hydrogens is 429 g/mol. The second-order valence-electron chi connectivity index (χ2n) is 6.94. The highest BCUT2D eigenvalue weighted by Crippen LogP contribution is 2.32. The van der Waals surface area contributed by atoms with Crippen LogP contribution in [-0.2, 0) is 14.6 Å². The molecule has 0 saturated carbocycles. The third-order valence-corrected chi connectivity index (χ3v) is 6.43. The van der Waals surface area contributed by atoms with Crippen molar-refractivity contribution in [1.82, 2.24) is 9.88 Å². The fraction of sp³-hybridized carbons (Fsp3) is 0.300. The fourth-order valence-electron chi connectivity index (χ4n) is 2.73. The second kappa shape index (κ2) is 9.07. The Morgan fingerprint density at radius 1 is 1.13 bits per heavy atom. The van der Waals surface area contributed by atoms with Crippen LogP contribution in [0.25, 0.3) is 10.2 Å². The summed E-state index contributed by atoms with van der Waals surface area (Å²) in [5.74, 6) is -0.968. The van der Waals surface area contributed by atoms with Crippen molar-refractivity contribution in [3.05, 3.63) is 48.3 Å². The molecule has 1 amide bonds. The van der Waals surface area contributed by atoms with Gasteiger partial charge in [0.25, 0.3) is 5.91 Å². The maximum atomic E-state index is 13.8. The van der Waals surface area contributed by atoms with Gasteiger partial charge in [0.15, 0.2) is 33.1 Å². The number of aromatic nitrogens is 1. The highest BCUT2D eigenvalue weighted by atomic mass is 32.2. The average molecular weight is 452 g/mol. The fourth-order valence-corrected chi connectivity index (χ4v) is 4.67. The molecule has 7 nitrogen and oxygen atoms in total. The smallest absolute Gasteiger partial charge is 0.266 e. The molecule has 0 spiro atoms. The number of hydrogen-bond acceptors (Lipinski definition) is 7. The van der Waals surface area contributed by atoms with E-state index in [1.54, 1.807) is 18.2 Å². The van der Waals surface area contributed by atoms with Gasteiger partial charge in [0, 0.05) is 19.3 Å². The summed E-state index contributed by atoms with van der Waals surface area (Å²) in [7, 11) is 0.275. The number of sulfone groups is 1. The summed E-state index contributed by atoms with van der Waals surface area (Å²) in [5, 5.41) is 0.366. The number of rotatable bonds is 8. The van der Waals surface area contributed by atoms with E-state index in [2.05, 4.69) is 4.98 Å². The number of para-hydroxylation sites is 2. The van der Waals surface area contributed by atoms with E-state index < -0.39 is 21.6 Å². The summed E-state index contributed by atoms with van der Waals surface area (Å²) < 4.78 is 44.0. The molecule has 0 N–H and O–H groups in total. The van der Waals surface area contributed by atoms with Gasteiger partial charge in [-0.25, -0.2) is 17.8 Å². The van der Waals surface area contributed by atoms with Crippen molar-refractivity contribution in [3.8, 4) is 5.75 Å². The Hall–Kier alpha value is -2.56. The van der Waals surface area contributed by atoms with Crippen LogP contribution in [0.1, 0.15) is 0 Å². The number of anilines is 1. The van der Waals surface area contributed by atoms with Gasteiger partial charge < -0.3 is 9.64 Å². The highest BCUT2D eigenvalue weighted by molar-refractivity contribution is 7.91. The molecule has 0 unspecified atom stereocenters. The Balaban J connectivity index is 1.91. The van der Waals surface area contributed by atoms with Crippen LogP contribution in [0, 0.1) is 5.82 Å². The SMILES string of the molecule is CN(C)CCN(C(=O)COc1ccccc1F)c1nc2c(S(C)(=O)=O)cccc2s1. The number of benzene rings is 2. The minimum atomic E-state index is -3.47. The van der Waals surface area contributed by atoms with Gasteiger partial charge in [-0.05, 0) is 38.4 Å². The molecule has 0 aliphatic heterocycles. The summed E-state index contributed by atoms with van der Waals surface area (Å²) in [5.41, 5.74) is 0.331. The number of likely N-dealkylation sites (N-methyl/N-ethyl adjacent to an activating group) is 1. The Morgan fingerprint density at radius 2 is 1.87 bits per heavy atom. The van der Waals surface area contributed by atoms with Gasteiger partial charge in [-0.1, -0.05) is 29.5 Å². The first kappa shape index (κ1) is 22.1. The summed E-state index contributed by atoms with van der Waals surface area (Å²) in [6.07, 6.45) is 1.12. The Morgan fingerprint density at radius 3 is 2.53 bits per heavy atom. The lowest BCUT2D eigenvalue weighted by molar-refractivity contribution is -0.120. The van der Waals surface area contributed by atoms with Crippen LogP contribution in [0.3, 0.4) is 0 Å². The minimum Gasteiger partial charge on any atom is -0.481 e. The molecule has 3 aromatic rings. The Labute approximate surface area is 178 Å². The van der Waals surface area contributed by atoms with Crippen LogP contribution < -0.4 is 9.64 Å². The Kier molecular flexibility index (Phi) is 6.69. The Bertz CT molecular complexity index is 1160. The van der Waals surface area contributed by atoms with E-state index in [-0.39, 0.29) is 17.3 Å². The van der Waals surface area contributed by atoms with Crippen molar-refractivity contribution >= 4 is 42.4 Å². The molecule has 160 valence electrons. The summed E-state index contributed by atoms with van der Waals surface area (Å²) in [4.78, 5) is 20.8. The molecule has 0 saturated heterocycles. The zero-order chi connectivity index (χ0) is 21.9. The first-order valence-electron chi connectivity index (χ1n) is 9.09. The predicted molar refractivity (Wildman–Crippen MR) is 116 cm³/mol. The number of fused-ring (bicyclic) bond motifs is 1. The quantitative estimate of drug-likeness (QED) is 0.524. The lowest BCUT2D eigenvalue weighted by Gasteiger charge is -2.22. The molecule has 0 atom stereocenters. The summed E-state index contributed by atoms with van der Waals surface area (Å²) in [6.45, 7) is 0.504. The van der Waals surface area contributed by atoms with E-state index in [0.717, 1.165) is 6.26 Å². The average Bonchev–Trinajstić information content (AvgIpc) is 3.10. The van der Waals surface area contributed by atoms with Gasteiger partial charge in [0.05, 0.1) is 9.60 Å². The molecule has 30 heavy (non-hydrogen) atoms. The third kappa shape index (κ3) is 5.13. The number of thiazole rings is 1. The molecule has 0 aliphatic carbocycles. The lowest BCUT2D eigenvalue weighted by atomic mass is 10.3. The van der Waals surface area contributed by atoms with Crippen LogP contribution in [0.4, 0.5) is 9.52 Å². The summed E-state index contributed by atoms with van der Waals surface area (Å²) in [6, 6.07) is 10.8. The molecule has 0 aliphatic rings. The van der Waals surface area contributed by atoms with Crippen molar-refractivity contribution in [1.29, 1.82) is 0 Å². The molecule has 1 heterocycles. The monoisotopic (exact) mass is 451 g/mol. The maximum absolute atomic E-state index is 13.8. The number of nitrogens with zero attached hydrogens (tertiary/aromatic N) is 3. The molecule has 0 bridgehead atoms. The first-order chi connectivity index (χ1) is 14.2. The minimum absolute atomic E-state index is 0.0120. The van der Waals surface area contributed by atoms with E-state index >= 15 is 0 Å². The van der Waals surface area contributed by atoms with E-state index in [1.165, 1.54) is 40.5 Å². The van der Waals surface area contributed by atoms with E-state index in [9.17, 15) is 17.6 Å². The normalized spacial score (nSPS) is 11.8. The van der Waals surface area contributed by atoms with Gasteiger partial charge in [0.1, 0.15) is 5.52 Å². The topological polar surface area (TPSA) is 79.8 Å². The van der Waals surface area contributed by atoms with Gasteiger partial charge in [-0.15, -0.1) is 0 Å². The van der Waals surface area contributed by atoms with Crippen LogP contribution in [-0.4, -0.2) is 64.3 Å². The molecule has 3 rings (SSSR count). The number of carbonyl (C=O) groups is 1. The number of carbonyl (C=O) groups excluding carboxylic acids is 1. The molecule has 0 radical (unpaired) electrons. The number of amides is 1. The number of hydrogen-bond donors (Lipinski definition) is 0. The van der Waals surface area contributed by atoms with Crippen LogP contribution in [0.15, 0.2) is 47.4 Å². The van der Waals surface area contributed by atoms with E-state index in [0.29, 0.717) is 28.4 Å². The van der Waals surface area contributed by atoms with Gasteiger partial charge in [-0.2, -0.15) is 0 Å².